The maximum Gasteiger partial charge on any atom is 3.00 e. The third-order valence-corrected chi connectivity index (χ3v) is 2.98. The van der Waals surface area contributed by atoms with Gasteiger partial charge in [-0.3, -0.25) is 9.20 Å². The number of H-pyrrole nitrogens is 1. The normalized spacial score (nSPS) is 9.06. The van der Waals surface area contributed by atoms with Crippen LogP contribution in [0.1, 0.15) is 11.4 Å². The summed E-state index contributed by atoms with van der Waals surface area (Å²) in [4.78, 5) is 32.2. The summed E-state index contributed by atoms with van der Waals surface area (Å²) in [6.07, 6.45) is 9.26. The molecule has 3 rings (SSSR count). The Labute approximate surface area is 232 Å². The number of nitrogens with one attached hydrogen (secondary N) is 1. The zero-order valence-corrected chi connectivity index (χ0v) is 21.6. The number of nitrogens with zero attached hydrogens (tertiary/aromatic N) is 5. The molecule has 0 fully saturated rings. The SMILES string of the molecule is CO.CS(C)=O.O=[N+]([O-])[O-].O=[N+]([O-])[O-].[Dy+3].[O-]c1cccc2ccc(C=NCCc3c[nH]cn3)nc12. The summed E-state index contributed by atoms with van der Waals surface area (Å²) in [6.45, 7) is 0.642. The first-order valence-corrected chi connectivity index (χ1v) is 10.9. The smallest absolute Gasteiger partial charge is 0.871 e. The third-order valence-electron chi connectivity index (χ3n) is 2.98. The van der Waals surface area contributed by atoms with Gasteiger partial charge in [0.25, 0.3) is 0 Å². The first-order chi connectivity index (χ1) is 16.0. The number of aromatic nitrogens is 3. The molecule has 195 valence electrons. The van der Waals surface area contributed by atoms with Gasteiger partial charge in [-0.1, -0.05) is 30.0 Å². The van der Waals surface area contributed by atoms with E-state index in [0.717, 1.165) is 24.6 Å². The number of hydrogen-bond acceptors (Lipinski definition) is 12. The summed E-state index contributed by atoms with van der Waals surface area (Å²) >= 11 is 0. The molecule has 0 atom stereocenters. The van der Waals surface area contributed by atoms with E-state index >= 15 is 0 Å². The first-order valence-electron chi connectivity index (χ1n) is 8.90. The zero-order chi connectivity index (χ0) is 26.5. The number of aromatic amines is 1. The van der Waals surface area contributed by atoms with Crippen molar-refractivity contribution in [3.63, 3.8) is 0 Å². The summed E-state index contributed by atoms with van der Waals surface area (Å²) in [6, 6.07) is 8.89. The first kappa shape index (κ1) is 36.7. The molecule has 2 aromatic heterocycles. The molecule has 2 N–H and O–H groups in total. The van der Waals surface area contributed by atoms with Crippen molar-refractivity contribution in [1.82, 2.24) is 15.0 Å². The maximum atomic E-state index is 11.7. The fourth-order valence-electron chi connectivity index (χ4n) is 1.97. The molecule has 3 aromatic rings. The quantitative estimate of drug-likeness (QED) is 0.225. The van der Waals surface area contributed by atoms with Crippen LogP contribution in [0.2, 0.25) is 0 Å². The molecule has 1 aromatic carbocycles. The van der Waals surface area contributed by atoms with Crippen LogP contribution in [0.25, 0.3) is 10.9 Å². The van der Waals surface area contributed by atoms with Crippen molar-refractivity contribution in [3.05, 3.63) is 84.9 Å². The van der Waals surface area contributed by atoms with Crippen molar-refractivity contribution in [1.29, 1.82) is 0 Å². The Morgan fingerprint density at radius 1 is 1.09 bits per heavy atom. The Kier molecular flexibility index (Phi) is 23.9. The van der Waals surface area contributed by atoms with Crippen LogP contribution in [0, 0.1) is 68.8 Å². The van der Waals surface area contributed by atoms with Crippen LogP contribution in [-0.2, 0) is 17.2 Å². The Hall–Kier alpha value is -2.91. The van der Waals surface area contributed by atoms with E-state index in [1.165, 1.54) is 6.07 Å². The summed E-state index contributed by atoms with van der Waals surface area (Å²) in [5.74, 6) is -0.0609. The molecule has 0 saturated heterocycles. The Bertz CT molecular complexity index is 998. The number of hydrogen-bond donors (Lipinski definition) is 2. The summed E-state index contributed by atoms with van der Waals surface area (Å²) in [5, 5.41) is 49.1. The van der Waals surface area contributed by atoms with Crippen molar-refractivity contribution in [2.24, 2.45) is 4.99 Å². The average Bonchev–Trinajstić information content (AvgIpc) is 3.26. The van der Waals surface area contributed by atoms with Crippen LogP contribution in [0.5, 0.6) is 5.75 Å². The number of aliphatic hydroxyl groups is 1. The minimum Gasteiger partial charge on any atom is -0.871 e. The minimum absolute atomic E-state index is 0. The van der Waals surface area contributed by atoms with Gasteiger partial charge in [-0.2, -0.15) is 0 Å². The van der Waals surface area contributed by atoms with Crippen LogP contribution in [0.15, 0.2) is 47.8 Å². The molecular formula is C18H23DyN6O9S. The monoisotopic (exact) mass is 663 g/mol. The van der Waals surface area contributed by atoms with E-state index in [1.807, 2.05) is 24.4 Å². The molecule has 35 heavy (non-hydrogen) atoms. The molecule has 15 nitrogen and oxygen atoms in total. The maximum absolute atomic E-state index is 11.7. The van der Waals surface area contributed by atoms with Crippen molar-refractivity contribution in [2.45, 2.75) is 6.42 Å². The van der Waals surface area contributed by atoms with Gasteiger partial charge in [0.1, 0.15) is 0 Å². The molecule has 17 heteroatoms. The molecule has 0 amide bonds. The number of pyridine rings is 1. The predicted octanol–water partition coefficient (Wildman–Crippen LogP) is 0.818. The van der Waals surface area contributed by atoms with Gasteiger partial charge in [-0.15, -0.1) is 0 Å². The standard InChI is InChI=1S/C15H14N4O.C2H6OS.CH4O.Dy.2NO3/c20-14-3-1-2-11-4-5-13(19-15(11)14)9-16-7-6-12-8-17-10-18-12;1-4(2)3;1-2;;2*2-1(3)4/h1-5,8-10,20H,6-7H2,(H,17,18);1-2H3;2H,1H3;;;/q;;;+3;2*-1/p-1. The van der Waals surface area contributed by atoms with Gasteiger partial charge in [0, 0.05) is 55.8 Å². The number of imidazole rings is 1. The van der Waals surface area contributed by atoms with Crippen LogP contribution in [-0.4, -0.2) is 66.8 Å². The van der Waals surface area contributed by atoms with E-state index in [9.17, 15) is 9.32 Å². The van der Waals surface area contributed by atoms with Crippen LogP contribution in [0.4, 0.5) is 0 Å². The summed E-state index contributed by atoms with van der Waals surface area (Å²) < 4.78 is 9.56. The molecule has 0 spiro atoms. The number of aliphatic imine (C=N–C) groups is 1. The second-order valence-corrected chi connectivity index (χ2v) is 7.08. The van der Waals surface area contributed by atoms with Gasteiger partial charge >= 0.3 is 38.2 Å². The molecule has 0 bridgehead atoms. The van der Waals surface area contributed by atoms with Crippen molar-refractivity contribution in [2.75, 3.05) is 26.2 Å². The number of fused-ring (bicyclic) bond motifs is 1. The van der Waals surface area contributed by atoms with E-state index in [2.05, 4.69) is 19.9 Å². The summed E-state index contributed by atoms with van der Waals surface area (Å²) in [7, 11) is 0.389. The zero-order valence-electron chi connectivity index (χ0n) is 18.7. The molecule has 0 unspecified atom stereocenters. The number of aliphatic hydroxyl groups excluding tert-OH is 1. The second kappa shape index (κ2) is 22.9. The van der Waals surface area contributed by atoms with E-state index in [0.29, 0.717) is 17.8 Å². The fraction of sp³-hybridized carbons (Fsp3) is 0.278. The van der Waals surface area contributed by atoms with Crippen LogP contribution < -0.4 is 5.11 Å². The number of para-hydroxylation sites is 1. The Morgan fingerprint density at radius 2 is 1.63 bits per heavy atom. The molecule has 0 aliphatic heterocycles. The van der Waals surface area contributed by atoms with E-state index in [1.54, 1.807) is 31.1 Å². The topological polar surface area (TPSA) is 247 Å². The van der Waals surface area contributed by atoms with Crippen molar-refractivity contribution >= 4 is 27.9 Å². The van der Waals surface area contributed by atoms with Gasteiger partial charge in [0.15, 0.2) is 0 Å². The average molecular weight is 662 g/mol. The molecule has 0 aliphatic rings. The van der Waals surface area contributed by atoms with Crippen LogP contribution in [0.3, 0.4) is 0 Å². The summed E-state index contributed by atoms with van der Waals surface area (Å²) in [5.41, 5.74) is 2.17. The van der Waals surface area contributed by atoms with Gasteiger partial charge in [0.05, 0.1) is 33.4 Å². The molecule has 0 aliphatic carbocycles. The van der Waals surface area contributed by atoms with Crippen molar-refractivity contribution in [3.8, 4) is 5.75 Å². The minimum atomic E-state index is -1.75. The number of benzene rings is 1. The Morgan fingerprint density at radius 3 is 2.11 bits per heavy atom. The van der Waals surface area contributed by atoms with Crippen molar-refractivity contribution < 1.29 is 62.8 Å². The van der Waals surface area contributed by atoms with Gasteiger partial charge < -0.3 is 45.8 Å². The largest absolute Gasteiger partial charge is 3.00 e. The second-order valence-electron chi connectivity index (χ2n) is 5.60. The van der Waals surface area contributed by atoms with Gasteiger partial charge in [-0.05, 0) is 11.5 Å². The van der Waals surface area contributed by atoms with Gasteiger partial charge in [0.2, 0.25) is 0 Å². The molecule has 2 heterocycles. The van der Waals surface area contributed by atoms with E-state index in [-0.39, 0.29) is 43.9 Å². The Balaban J connectivity index is -0.000000572. The third kappa shape index (κ3) is 22.6. The fourth-order valence-corrected chi connectivity index (χ4v) is 1.97. The molecule has 1 radical (unpaired) electrons. The molecule has 0 saturated carbocycles. The van der Waals surface area contributed by atoms with Gasteiger partial charge in [-0.25, -0.2) is 9.97 Å². The van der Waals surface area contributed by atoms with E-state index in [4.69, 9.17) is 35.7 Å². The predicted molar refractivity (Wildman–Crippen MR) is 125 cm³/mol. The van der Waals surface area contributed by atoms with Crippen LogP contribution >= 0.6 is 0 Å². The molecular weight excluding hydrogens is 639 g/mol. The number of rotatable bonds is 4. The van der Waals surface area contributed by atoms with E-state index < -0.39 is 21.0 Å².